The molecule has 0 radical (unpaired) electrons. The molecule has 0 amide bonds. The van der Waals surface area contributed by atoms with Crippen LogP contribution in [0.4, 0.5) is 15.8 Å². The van der Waals surface area contributed by atoms with Gasteiger partial charge >= 0.3 is 0 Å². The molecule has 1 aromatic carbocycles. The van der Waals surface area contributed by atoms with Gasteiger partial charge in [-0.3, -0.25) is 9.48 Å². The van der Waals surface area contributed by atoms with Gasteiger partial charge in [-0.15, -0.1) is 0 Å². The molecule has 9 heteroatoms. The van der Waals surface area contributed by atoms with Gasteiger partial charge in [0, 0.05) is 57.1 Å². The Morgan fingerprint density at radius 2 is 1.94 bits per heavy atom. The molecule has 2 aliphatic heterocycles. The van der Waals surface area contributed by atoms with Crippen molar-refractivity contribution in [1.82, 2.24) is 14.3 Å². The van der Waals surface area contributed by atoms with Crippen molar-refractivity contribution in [3.8, 4) is 0 Å². The summed E-state index contributed by atoms with van der Waals surface area (Å²) in [6.07, 6.45) is 6.27. The summed E-state index contributed by atoms with van der Waals surface area (Å²) < 4.78 is 23.3. The van der Waals surface area contributed by atoms with E-state index in [4.69, 9.17) is 4.74 Å². The Labute approximate surface area is 191 Å². The van der Waals surface area contributed by atoms with Gasteiger partial charge in [-0.25, -0.2) is 4.39 Å². The van der Waals surface area contributed by atoms with E-state index in [0.717, 1.165) is 53.9 Å². The Morgan fingerprint density at radius 1 is 1.18 bits per heavy atom. The third-order valence-corrected chi connectivity index (χ3v) is 6.75. The summed E-state index contributed by atoms with van der Waals surface area (Å²) in [5.41, 5.74) is 3.79. The van der Waals surface area contributed by atoms with Crippen molar-refractivity contribution in [2.75, 3.05) is 29.5 Å². The molecule has 2 aliphatic rings. The maximum absolute atomic E-state index is 14.3. The average molecular weight is 454 g/mol. The Kier molecular flexibility index (Phi) is 5.36. The van der Waals surface area contributed by atoms with Crippen molar-refractivity contribution < 1.29 is 14.2 Å². The normalized spacial score (nSPS) is 19.0. The van der Waals surface area contributed by atoms with E-state index in [1.54, 1.807) is 12.5 Å². The van der Waals surface area contributed by atoms with E-state index in [9.17, 15) is 14.3 Å². The van der Waals surface area contributed by atoms with E-state index >= 15 is 0 Å². The van der Waals surface area contributed by atoms with Gasteiger partial charge in [-0.1, -0.05) is 0 Å². The van der Waals surface area contributed by atoms with Crippen LogP contribution in [0.2, 0.25) is 0 Å². The van der Waals surface area contributed by atoms with Crippen LogP contribution in [-0.2, 0) is 18.8 Å². The van der Waals surface area contributed by atoms with Gasteiger partial charge in [0.1, 0.15) is 6.26 Å². The van der Waals surface area contributed by atoms with Gasteiger partial charge < -0.3 is 24.2 Å². The zero-order valence-corrected chi connectivity index (χ0v) is 19.0. The molecule has 0 bridgehead atoms. The Bertz CT molecular complexity index is 1260. The van der Waals surface area contributed by atoms with E-state index in [1.807, 2.05) is 29.8 Å². The molecule has 1 saturated heterocycles. The fourth-order valence-electron chi connectivity index (χ4n) is 4.87. The van der Waals surface area contributed by atoms with Crippen LogP contribution in [0, 0.1) is 18.7 Å². The van der Waals surface area contributed by atoms with Crippen LogP contribution in [0.15, 0.2) is 41.7 Å². The van der Waals surface area contributed by atoms with Crippen LogP contribution in [0.1, 0.15) is 30.3 Å². The number of pyridine rings is 1. The van der Waals surface area contributed by atoms with Crippen molar-refractivity contribution in [1.29, 1.82) is 0 Å². The predicted molar refractivity (Wildman–Crippen MR) is 125 cm³/mol. The zero-order valence-electron chi connectivity index (χ0n) is 19.0. The van der Waals surface area contributed by atoms with Crippen LogP contribution in [0.5, 0.6) is 0 Å². The van der Waals surface area contributed by atoms with E-state index in [0.29, 0.717) is 11.5 Å². The number of rotatable bonds is 4. The van der Waals surface area contributed by atoms with Crippen LogP contribution in [0.25, 0.3) is 10.9 Å². The second-order valence-electron chi connectivity index (χ2n) is 8.90. The molecule has 174 valence electrons. The first-order valence-corrected chi connectivity index (χ1v) is 11.2. The molecule has 0 saturated carbocycles. The highest BCUT2D eigenvalue weighted by molar-refractivity contribution is 5.93. The highest BCUT2D eigenvalue weighted by atomic mass is 19.1. The molecule has 1 unspecified atom stereocenters. The van der Waals surface area contributed by atoms with Gasteiger partial charge in [0.15, 0.2) is 5.82 Å². The fourth-order valence-corrected chi connectivity index (χ4v) is 4.87. The van der Waals surface area contributed by atoms with Gasteiger partial charge in [-0.05, 0) is 43.9 Å². The Balaban J connectivity index is 1.62. The van der Waals surface area contributed by atoms with Crippen LogP contribution in [0.3, 0.4) is 0 Å². The van der Waals surface area contributed by atoms with Crippen molar-refractivity contribution >= 4 is 22.3 Å². The number of ether oxygens (including phenoxy) is 1. The number of halogens is 1. The molecule has 1 N–H and O–H groups in total. The van der Waals surface area contributed by atoms with Crippen LogP contribution >= 0.6 is 0 Å². The molecule has 0 spiro atoms. The number of aliphatic hydroxyl groups is 1. The lowest BCUT2D eigenvalue weighted by Crippen LogP contribution is -2.36. The average Bonchev–Trinajstić information content (AvgIpc) is 3.41. The summed E-state index contributed by atoms with van der Waals surface area (Å²) in [5, 5.41) is 15.2. The summed E-state index contributed by atoms with van der Waals surface area (Å²) in [4.78, 5) is 16.2. The van der Waals surface area contributed by atoms with Gasteiger partial charge in [0.25, 0.3) is 5.56 Å². The molecular formula is C24H28FN5O3. The number of benzene rings is 1. The second kappa shape index (κ2) is 8.22. The van der Waals surface area contributed by atoms with Gasteiger partial charge in [0.2, 0.25) is 6.23 Å². The maximum Gasteiger partial charge on any atom is 0.286 e. The summed E-state index contributed by atoms with van der Waals surface area (Å²) >= 11 is 0. The lowest BCUT2D eigenvalue weighted by molar-refractivity contribution is 0.173. The van der Waals surface area contributed by atoms with E-state index in [1.165, 1.54) is 17.7 Å². The topological polar surface area (TPSA) is 75.8 Å². The highest BCUT2D eigenvalue weighted by Crippen LogP contribution is 2.42. The van der Waals surface area contributed by atoms with Gasteiger partial charge in [-0.2, -0.15) is 5.10 Å². The number of anilines is 2. The monoisotopic (exact) mass is 453 g/mol. The van der Waals surface area contributed by atoms with Crippen molar-refractivity contribution in [3.63, 3.8) is 0 Å². The maximum atomic E-state index is 14.3. The molecule has 2 aromatic heterocycles. The molecule has 0 aliphatic carbocycles. The fraction of sp³-hybridized carbons (Fsp3) is 0.417. The van der Waals surface area contributed by atoms with Crippen LogP contribution in [-0.4, -0.2) is 39.2 Å². The number of hydrogen-bond acceptors (Lipinski definition) is 6. The minimum Gasteiger partial charge on any atom is -0.472 e. The molecule has 1 fully saturated rings. The molecule has 33 heavy (non-hydrogen) atoms. The predicted octanol–water partition coefficient (Wildman–Crippen LogP) is 2.93. The van der Waals surface area contributed by atoms with E-state index in [-0.39, 0.29) is 6.61 Å². The standard InChI is InChI=1S/C24H28FN5O3/c1-15-18-11-22(30-8-9-33-24(30)17-10-19(25)23(32)27(2)13-17)21(12-20(18)28(3)26-15)29-6-4-16(14-31)5-7-29/h8-13,16,24,31H,4-7,14H2,1-3H3. The summed E-state index contributed by atoms with van der Waals surface area (Å²) in [6, 6.07) is 5.50. The molecular weight excluding hydrogens is 425 g/mol. The highest BCUT2D eigenvalue weighted by Gasteiger charge is 2.30. The minimum absolute atomic E-state index is 0.212. The third-order valence-electron chi connectivity index (χ3n) is 6.75. The number of fused-ring (bicyclic) bond motifs is 1. The quantitative estimate of drug-likeness (QED) is 0.655. The number of aromatic nitrogens is 3. The number of aliphatic hydroxyl groups excluding tert-OH is 1. The third kappa shape index (κ3) is 3.66. The number of aryl methyl sites for hydroxylation is 3. The van der Waals surface area contributed by atoms with Crippen molar-refractivity contribution in [2.24, 2.45) is 20.0 Å². The summed E-state index contributed by atoms with van der Waals surface area (Å²) in [7, 11) is 3.47. The SMILES string of the molecule is Cc1nn(C)c2cc(N3CCC(CO)CC3)c(N3C=COC3c3cc(F)c(=O)n(C)c3)cc12. The number of hydrogen-bond donors (Lipinski definition) is 1. The zero-order chi connectivity index (χ0) is 23.3. The Hall–Kier alpha value is -3.33. The molecule has 1 atom stereocenters. The first-order chi connectivity index (χ1) is 15.9. The lowest BCUT2D eigenvalue weighted by Gasteiger charge is -2.36. The van der Waals surface area contributed by atoms with Crippen molar-refractivity contribution in [3.05, 3.63) is 64.3 Å². The first kappa shape index (κ1) is 21.5. The largest absolute Gasteiger partial charge is 0.472 e. The molecule has 8 nitrogen and oxygen atoms in total. The second-order valence-corrected chi connectivity index (χ2v) is 8.90. The van der Waals surface area contributed by atoms with Gasteiger partial charge in [0.05, 0.1) is 22.6 Å². The smallest absolute Gasteiger partial charge is 0.286 e. The molecule has 5 rings (SSSR count). The number of nitrogens with zero attached hydrogens (tertiary/aromatic N) is 5. The molecule has 4 heterocycles. The summed E-state index contributed by atoms with van der Waals surface area (Å²) in [5.74, 6) is -0.487. The van der Waals surface area contributed by atoms with Crippen LogP contribution < -0.4 is 15.4 Å². The van der Waals surface area contributed by atoms with E-state index < -0.39 is 17.6 Å². The molecule has 3 aromatic rings. The van der Waals surface area contributed by atoms with Crippen molar-refractivity contribution in [2.45, 2.75) is 26.0 Å². The van der Waals surface area contributed by atoms with E-state index in [2.05, 4.69) is 22.1 Å². The lowest BCUT2D eigenvalue weighted by atomic mass is 9.97. The first-order valence-electron chi connectivity index (χ1n) is 11.2. The summed E-state index contributed by atoms with van der Waals surface area (Å²) in [6.45, 7) is 3.86. The Morgan fingerprint density at radius 3 is 2.64 bits per heavy atom. The number of piperidine rings is 1. The minimum atomic E-state index is -0.810.